The summed E-state index contributed by atoms with van der Waals surface area (Å²) < 4.78 is 15.8. The summed E-state index contributed by atoms with van der Waals surface area (Å²) in [6.45, 7) is 4.22. The molecule has 1 aromatic rings. The Kier molecular flexibility index (Phi) is 5.20. The van der Waals surface area contributed by atoms with Gasteiger partial charge in [0.25, 0.3) is 0 Å². The number of amides is 1. The van der Waals surface area contributed by atoms with Gasteiger partial charge in [-0.3, -0.25) is 4.79 Å². The molecule has 0 aliphatic carbocycles. The van der Waals surface area contributed by atoms with Crippen LogP contribution in [0.25, 0.3) is 0 Å². The zero-order valence-electron chi connectivity index (χ0n) is 11.6. The van der Waals surface area contributed by atoms with Crippen LogP contribution in [0, 0.1) is 0 Å². The molecule has 1 heterocycles. The molecule has 0 unspecified atom stereocenters. The number of nitrogens with two attached hydrogens (primary N) is 1. The maximum atomic E-state index is 12.0. The number of rotatable bonds is 7. The Balaban J connectivity index is 1.94. The van der Waals surface area contributed by atoms with Crippen molar-refractivity contribution in [2.75, 3.05) is 33.1 Å². The fourth-order valence-corrected chi connectivity index (χ4v) is 1.97. The molecule has 0 saturated carbocycles. The van der Waals surface area contributed by atoms with Gasteiger partial charge in [-0.05, 0) is 24.6 Å². The molecular formula is C14H20N2O4. The number of fused-ring (bicyclic) bond motifs is 1. The van der Waals surface area contributed by atoms with Crippen LogP contribution < -0.4 is 15.2 Å². The van der Waals surface area contributed by atoms with Gasteiger partial charge in [-0.1, -0.05) is 6.07 Å². The quantitative estimate of drug-likeness (QED) is 0.746. The molecule has 0 saturated heterocycles. The first-order chi connectivity index (χ1) is 9.74. The van der Waals surface area contributed by atoms with E-state index in [0.29, 0.717) is 26.2 Å². The highest BCUT2D eigenvalue weighted by Crippen LogP contribution is 2.32. The van der Waals surface area contributed by atoms with Gasteiger partial charge in [-0.25, -0.2) is 0 Å². The summed E-state index contributed by atoms with van der Waals surface area (Å²) in [5, 5.41) is 0. The van der Waals surface area contributed by atoms with Gasteiger partial charge in [0.15, 0.2) is 11.5 Å². The molecule has 0 atom stereocenters. The van der Waals surface area contributed by atoms with Gasteiger partial charge in [0.1, 0.15) is 6.61 Å². The molecule has 0 bridgehead atoms. The zero-order chi connectivity index (χ0) is 14.4. The molecule has 6 nitrogen and oxygen atoms in total. The van der Waals surface area contributed by atoms with Crippen LogP contribution in [-0.2, 0) is 16.1 Å². The van der Waals surface area contributed by atoms with E-state index in [4.69, 9.17) is 19.9 Å². The van der Waals surface area contributed by atoms with E-state index in [1.54, 1.807) is 4.90 Å². The molecule has 0 aromatic heterocycles. The average Bonchev–Trinajstić information content (AvgIpc) is 2.92. The molecule has 1 aliphatic heterocycles. The predicted octanol–water partition coefficient (Wildman–Crippen LogP) is 0.739. The largest absolute Gasteiger partial charge is 0.454 e. The van der Waals surface area contributed by atoms with Crippen molar-refractivity contribution in [3.05, 3.63) is 23.8 Å². The summed E-state index contributed by atoms with van der Waals surface area (Å²) in [6, 6.07) is 5.70. The van der Waals surface area contributed by atoms with Crippen LogP contribution in [0.3, 0.4) is 0 Å². The smallest absolute Gasteiger partial charge is 0.248 e. The number of likely N-dealkylation sites (N-methyl/N-ethyl adjacent to an activating group) is 1. The van der Waals surface area contributed by atoms with Crippen LogP contribution in [0.1, 0.15) is 12.5 Å². The minimum atomic E-state index is -0.0429. The molecule has 1 amide bonds. The highest BCUT2D eigenvalue weighted by Gasteiger charge is 2.16. The Labute approximate surface area is 118 Å². The van der Waals surface area contributed by atoms with E-state index in [2.05, 4.69) is 0 Å². The van der Waals surface area contributed by atoms with Gasteiger partial charge in [0, 0.05) is 19.6 Å². The van der Waals surface area contributed by atoms with Gasteiger partial charge >= 0.3 is 0 Å². The third kappa shape index (κ3) is 3.61. The molecule has 1 aliphatic rings. The predicted molar refractivity (Wildman–Crippen MR) is 73.5 cm³/mol. The van der Waals surface area contributed by atoms with Crippen molar-refractivity contribution < 1.29 is 19.0 Å². The molecular weight excluding hydrogens is 260 g/mol. The van der Waals surface area contributed by atoms with E-state index < -0.39 is 0 Å². The van der Waals surface area contributed by atoms with Crippen molar-refractivity contribution in [1.82, 2.24) is 4.90 Å². The molecule has 2 rings (SSSR count). The molecule has 20 heavy (non-hydrogen) atoms. The van der Waals surface area contributed by atoms with Gasteiger partial charge in [0.05, 0.1) is 6.61 Å². The summed E-state index contributed by atoms with van der Waals surface area (Å²) in [5.74, 6) is 1.43. The van der Waals surface area contributed by atoms with Crippen LogP contribution in [0.4, 0.5) is 0 Å². The maximum Gasteiger partial charge on any atom is 0.248 e. The third-order valence-corrected chi connectivity index (χ3v) is 3.03. The van der Waals surface area contributed by atoms with E-state index in [-0.39, 0.29) is 19.3 Å². The second-order valence-electron chi connectivity index (χ2n) is 4.44. The first kappa shape index (κ1) is 14.6. The number of benzene rings is 1. The van der Waals surface area contributed by atoms with E-state index >= 15 is 0 Å². The Morgan fingerprint density at radius 1 is 1.40 bits per heavy atom. The first-order valence-corrected chi connectivity index (χ1v) is 6.68. The summed E-state index contributed by atoms with van der Waals surface area (Å²) in [6.07, 6.45) is 0. The van der Waals surface area contributed by atoms with Gasteiger partial charge in [-0.15, -0.1) is 0 Å². The van der Waals surface area contributed by atoms with Gasteiger partial charge in [0.2, 0.25) is 12.7 Å². The first-order valence-electron chi connectivity index (χ1n) is 6.68. The van der Waals surface area contributed by atoms with Crippen LogP contribution in [-0.4, -0.2) is 43.9 Å². The lowest BCUT2D eigenvalue weighted by Gasteiger charge is -2.21. The normalized spacial score (nSPS) is 12.5. The SMILES string of the molecule is CCN(Cc1ccc2c(c1)OCO2)C(=O)COCCN. The Morgan fingerprint density at radius 3 is 2.95 bits per heavy atom. The lowest BCUT2D eigenvalue weighted by Crippen LogP contribution is -2.33. The minimum Gasteiger partial charge on any atom is -0.454 e. The second-order valence-corrected chi connectivity index (χ2v) is 4.44. The molecule has 0 radical (unpaired) electrons. The van der Waals surface area contributed by atoms with Crippen LogP contribution >= 0.6 is 0 Å². The topological polar surface area (TPSA) is 74.0 Å². The summed E-state index contributed by atoms with van der Waals surface area (Å²) in [7, 11) is 0. The molecule has 2 N–H and O–H groups in total. The summed E-state index contributed by atoms with van der Waals surface area (Å²) >= 11 is 0. The Bertz CT molecular complexity index is 464. The van der Waals surface area contributed by atoms with Crippen molar-refractivity contribution in [3.63, 3.8) is 0 Å². The number of nitrogens with zero attached hydrogens (tertiary/aromatic N) is 1. The minimum absolute atomic E-state index is 0.0429. The van der Waals surface area contributed by atoms with Crippen molar-refractivity contribution in [3.8, 4) is 11.5 Å². The van der Waals surface area contributed by atoms with Crippen molar-refractivity contribution >= 4 is 5.91 Å². The van der Waals surface area contributed by atoms with E-state index in [0.717, 1.165) is 17.1 Å². The number of hydrogen-bond donors (Lipinski definition) is 1. The van der Waals surface area contributed by atoms with Gasteiger partial charge < -0.3 is 24.8 Å². The van der Waals surface area contributed by atoms with Crippen LogP contribution in [0.2, 0.25) is 0 Å². The highest BCUT2D eigenvalue weighted by molar-refractivity contribution is 5.77. The van der Waals surface area contributed by atoms with Crippen molar-refractivity contribution in [2.24, 2.45) is 5.73 Å². The maximum absolute atomic E-state index is 12.0. The third-order valence-electron chi connectivity index (χ3n) is 3.03. The second kappa shape index (κ2) is 7.12. The van der Waals surface area contributed by atoms with Crippen LogP contribution in [0.5, 0.6) is 11.5 Å². The zero-order valence-corrected chi connectivity index (χ0v) is 11.6. The number of hydrogen-bond acceptors (Lipinski definition) is 5. The monoisotopic (exact) mass is 280 g/mol. The standard InChI is InChI=1S/C14H20N2O4/c1-2-16(14(17)9-18-6-5-15)8-11-3-4-12-13(7-11)20-10-19-12/h3-4,7H,2,5-6,8-10,15H2,1H3. The highest BCUT2D eigenvalue weighted by atomic mass is 16.7. The van der Waals surface area contributed by atoms with E-state index in [9.17, 15) is 4.79 Å². The molecule has 6 heteroatoms. The van der Waals surface area contributed by atoms with Gasteiger partial charge in [-0.2, -0.15) is 0 Å². The number of ether oxygens (including phenoxy) is 3. The Hall–Kier alpha value is -1.79. The molecule has 0 spiro atoms. The molecule has 1 aromatic carbocycles. The molecule has 0 fully saturated rings. The lowest BCUT2D eigenvalue weighted by atomic mass is 10.2. The lowest BCUT2D eigenvalue weighted by molar-refractivity contribution is -0.136. The summed E-state index contributed by atoms with van der Waals surface area (Å²) in [4.78, 5) is 13.7. The van der Waals surface area contributed by atoms with E-state index in [1.165, 1.54) is 0 Å². The van der Waals surface area contributed by atoms with Crippen molar-refractivity contribution in [1.29, 1.82) is 0 Å². The fraction of sp³-hybridized carbons (Fsp3) is 0.500. The van der Waals surface area contributed by atoms with E-state index in [1.807, 2.05) is 25.1 Å². The summed E-state index contributed by atoms with van der Waals surface area (Å²) in [5.41, 5.74) is 6.33. The number of carbonyl (C=O) groups is 1. The number of carbonyl (C=O) groups excluding carboxylic acids is 1. The average molecular weight is 280 g/mol. The Morgan fingerprint density at radius 2 is 2.20 bits per heavy atom. The molecule has 110 valence electrons. The van der Waals surface area contributed by atoms with Crippen LogP contribution in [0.15, 0.2) is 18.2 Å². The fourth-order valence-electron chi connectivity index (χ4n) is 1.97. The van der Waals surface area contributed by atoms with Crippen molar-refractivity contribution in [2.45, 2.75) is 13.5 Å².